The van der Waals surface area contributed by atoms with Crippen LogP contribution in [0.2, 0.25) is 0 Å². The molecule has 11 heavy (non-hydrogen) atoms. The van der Waals surface area contributed by atoms with Gasteiger partial charge >= 0.3 is 0 Å². The quantitative estimate of drug-likeness (QED) is 0.418. The van der Waals surface area contributed by atoms with Crippen molar-refractivity contribution in [1.29, 1.82) is 0 Å². The smallest absolute Gasteiger partial charge is 0.0555 e. The van der Waals surface area contributed by atoms with Crippen molar-refractivity contribution < 1.29 is 0 Å². The van der Waals surface area contributed by atoms with Crippen LogP contribution in [-0.4, -0.2) is 0 Å². The zero-order valence-electron chi connectivity index (χ0n) is 5.44. The molecule has 0 aliphatic rings. The topological polar surface area (TPSA) is 48.8 Å². The van der Waals surface area contributed by atoms with Crippen LogP contribution in [0.4, 0.5) is 5.69 Å². The molecule has 0 unspecified atom stereocenters. The molecule has 3 nitrogen and oxygen atoms in total. The molecular weight excluding hydrogens is 226 g/mol. The summed E-state index contributed by atoms with van der Waals surface area (Å²) in [6, 6.07) is 1.78. The van der Waals surface area contributed by atoms with E-state index in [4.69, 9.17) is 5.53 Å². The fourth-order valence-electron chi connectivity index (χ4n) is 0.627. The molecule has 0 N–H and O–H groups in total. The highest BCUT2D eigenvalue weighted by molar-refractivity contribution is 9.11. The number of hydrogen-bond acceptors (Lipinski definition) is 2. The lowest BCUT2D eigenvalue weighted by molar-refractivity contribution is 1.51. The Morgan fingerprint density at radius 1 is 1.73 bits per heavy atom. The zero-order chi connectivity index (χ0) is 8.10. The summed E-state index contributed by atoms with van der Waals surface area (Å²) in [6.45, 7) is 0. The van der Waals surface area contributed by atoms with Crippen molar-refractivity contribution >= 4 is 39.0 Å². The van der Waals surface area contributed by atoms with Gasteiger partial charge in [-0.15, -0.1) is 11.3 Å². The van der Waals surface area contributed by atoms with Gasteiger partial charge in [-0.2, -0.15) is 0 Å². The van der Waals surface area contributed by atoms with E-state index in [-0.39, 0.29) is 0 Å². The van der Waals surface area contributed by atoms with Crippen molar-refractivity contribution in [1.82, 2.24) is 0 Å². The number of azide groups is 1. The van der Waals surface area contributed by atoms with Crippen molar-refractivity contribution in [3.63, 3.8) is 0 Å². The molecule has 0 aromatic carbocycles. The van der Waals surface area contributed by atoms with Gasteiger partial charge in [0.2, 0.25) is 0 Å². The van der Waals surface area contributed by atoms with Gasteiger partial charge < -0.3 is 0 Å². The average molecular weight is 230 g/mol. The van der Waals surface area contributed by atoms with E-state index in [9.17, 15) is 0 Å². The molecule has 1 aromatic rings. The summed E-state index contributed by atoms with van der Waals surface area (Å²) in [4.78, 5) is 5.39. The van der Waals surface area contributed by atoms with Crippen LogP contribution in [0.3, 0.4) is 0 Å². The Hall–Kier alpha value is -0.770. The molecule has 0 bridgehead atoms. The van der Waals surface area contributed by atoms with Crippen LogP contribution in [-0.2, 0) is 0 Å². The maximum Gasteiger partial charge on any atom is 0.0555 e. The lowest BCUT2D eigenvalue weighted by Gasteiger charge is -1.84. The van der Waals surface area contributed by atoms with Crippen LogP contribution in [0.5, 0.6) is 0 Å². The van der Waals surface area contributed by atoms with Crippen LogP contribution in [0, 0.1) is 0 Å². The molecule has 1 heterocycles. The van der Waals surface area contributed by atoms with Gasteiger partial charge in [0.25, 0.3) is 0 Å². The first kappa shape index (κ1) is 8.33. The fourth-order valence-corrected chi connectivity index (χ4v) is 1.79. The number of halogens is 1. The Bertz CT molecular complexity index is 311. The van der Waals surface area contributed by atoms with E-state index < -0.39 is 0 Å². The van der Waals surface area contributed by atoms with Crippen molar-refractivity contribution in [2.45, 2.75) is 0 Å². The van der Waals surface area contributed by atoms with Gasteiger partial charge in [0, 0.05) is 9.79 Å². The van der Waals surface area contributed by atoms with Crippen molar-refractivity contribution in [2.24, 2.45) is 5.11 Å². The molecule has 0 aliphatic carbocycles. The normalized spacial score (nSPS) is 9.91. The van der Waals surface area contributed by atoms with Crippen LogP contribution in [0.1, 0.15) is 4.88 Å². The molecule has 0 radical (unpaired) electrons. The summed E-state index contributed by atoms with van der Waals surface area (Å²) < 4.78 is 0. The SMILES string of the molecule is [N-]=[N+]=Nc1ccsc1/C=C/Br. The lowest BCUT2D eigenvalue weighted by atomic mass is 10.4. The third kappa shape index (κ3) is 2.08. The molecule has 1 aromatic heterocycles. The number of nitrogens with zero attached hydrogens (tertiary/aromatic N) is 3. The number of thiophene rings is 1. The zero-order valence-corrected chi connectivity index (χ0v) is 7.84. The van der Waals surface area contributed by atoms with Crippen LogP contribution in [0.25, 0.3) is 16.5 Å². The van der Waals surface area contributed by atoms with E-state index in [1.807, 2.05) is 11.5 Å². The highest BCUT2D eigenvalue weighted by atomic mass is 79.9. The second-order valence-corrected chi connectivity index (χ2v) is 3.13. The fraction of sp³-hybridized carbons (Fsp3) is 0. The van der Waals surface area contributed by atoms with Crippen LogP contribution < -0.4 is 0 Å². The third-order valence-corrected chi connectivity index (χ3v) is 2.18. The van der Waals surface area contributed by atoms with Crippen LogP contribution in [0.15, 0.2) is 21.5 Å². The monoisotopic (exact) mass is 229 g/mol. The summed E-state index contributed by atoms with van der Waals surface area (Å²) in [7, 11) is 0. The largest absolute Gasteiger partial charge is 0.144 e. The predicted molar refractivity (Wildman–Crippen MR) is 51.1 cm³/mol. The highest BCUT2D eigenvalue weighted by Crippen LogP contribution is 2.26. The highest BCUT2D eigenvalue weighted by Gasteiger charge is 1.95. The maximum absolute atomic E-state index is 8.16. The van der Waals surface area contributed by atoms with E-state index in [0.29, 0.717) is 5.69 Å². The van der Waals surface area contributed by atoms with Crippen molar-refractivity contribution in [3.8, 4) is 0 Å². The van der Waals surface area contributed by atoms with Gasteiger partial charge in [-0.25, -0.2) is 0 Å². The van der Waals surface area contributed by atoms with E-state index in [0.717, 1.165) is 4.88 Å². The van der Waals surface area contributed by atoms with E-state index in [2.05, 4.69) is 26.0 Å². The second-order valence-electron chi connectivity index (χ2n) is 1.65. The van der Waals surface area contributed by atoms with Crippen molar-refractivity contribution in [3.05, 3.63) is 31.8 Å². The molecule has 0 fully saturated rings. The maximum atomic E-state index is 8.16. The molecule has 5 heteroatoms. The molecule has 0 aliphatic heterocycles. The van der Waals surface area contributed by atoms with E-state index in [1.165, 1.54) is 11.3 Å². The summed E-state index contributed by atoms with van der Waals surface area (Å²) in [5.41, 5.74) is 8.83. The van der Waals surface area contributed by atoms with Crippen molar-refractivity contribution in [2.75, 3.05) is 0 Å². The lowest BCUT2D eigenvalue weighted by Crippen LogP contribution is -1.57. The summed E-state index contributed by atoms with van der Waals surface area (Å²) >= 11 is 4.68. The Kier molecular flexibility index (Phi) is 3.16. The molecule has 0 amide bonds. The molecular formula is C6H4BrN3S. The predicted octanol–water partition coefficient (Wildman–Crippen LogP) is 4.06. The van der Waals surface area contributed by atoms with Crippen LogP contribution >= 0.6 is 27.3 Å². The summed E-state index contributed by atoms with van der Waals surface area (Å²) in [5, 5.41) is 5.39. The Balaban J connectivity index is 3.04. The van der Waals surface area contributed by atoms with Gasteiger partial charge in [-0.3, -0.25) is 0 Å². The molecule has 0 atom stereocenters. The van der Waals surface area contributed by atoms with Gasteiger partial charge in [-0.1, -0.05) is 21.0 Å². The van der Waals surface area contributed by atoms with E-state index >= 15 is 0 Å². The standard InChI is InChI=1S/C6H4BrN3S/c7-3-1-6-5(9-10-8)2-4-11-6/h1-4H/b3-1+. The summed E-state index contributed by atoms with van der Waals surface area (Å²) in [5.74, 6) is 0. The van der Waals surface area contributed by atoms with Gasteiger partial charge in [0.1, 0.15) is 0 Å². The average Bonchev–Trinajstić information content (AvgIpc) is 2.39. The Morgan fingerprint density at radius 3 is 3.18 bits per heavy atom. The first-order valence-electron chi connectivity index (χ1n) is 2.78. The first-order valence-corrected chi connectivity index (χ1v) is 4.57. The second kappa shape index (κ2) is 4.18. The Morgan fingerprint density at radius 2 is 2.55 bits per heavy atom. The number of hydrogen-bond donors (Lipinski definition) is 0. The molecule has 0 saturated carbocycles. The minimum absolute atomic E-state index is 0.674. The molecule has 0 saturated heterocycles. The molecule has 56 valence electrons. The number of rotatable bonds is 2. The molecule has 0 spiro atoms. The first-order chi connectivity index (χ1) is 5.38. The third-order valence-electron chi connectivity index (χ3n) is 1.04. The summed E-state index contributed by atoms with van der Waals surface area (Å²) in [6.07, 6.45) is 1.84. The van der Waals surface area contributed by atoms with Gasteiger partial charge in [0.15, 0.2) is 0 Å². The van der Waals surface area contributed by atoms with E-state index in [1.54, 1.807) is 11.1 Å². The minimum atomic E-state index is 0.674. The minimum Gasteiger partial charge on any atom is -0.144 e. The van der Waals surface area contributed by atoms with Gasteiger partial charge in [0.05, 0.1) is 5.69 Å². The Labute approximate surface area is 76.1 Å². The molecule has 1 rings (SSSR count). The van der Waals surface area contributed by atoms with Gasteiger partial charge in [-0.05, 0) is 28.0 Å².